The van der Waals surface area contributed by atoms with E-state index in [-0.39, 0.29) is 0 Å². The third kappa shape index (κ3) is 2.35. The first kappa shape index (κ1) is 14.2. The predicted octanol–water partition coefficient (Wildman–Crippen LogP) is 5.57. The average Bonchev–Trinajstić information content (AvgIpc) is 2.80. The molecule has 3 rings (SSSR count). The number of hydrogen-bond donors (Lipinski definition) is 1. The zero-order valence-corrected chi connectivity index (χ0v) is 13.1. The number of aromatic nitrogens is 1. The van der Waals surface area contributed by atoms with E-state index < -0.39 is 0 Å². The number of aromatic amines is 1. The van der Waals surface area contributed by atoms with Crippen LogP contribution in [0.5, 0.6) is 0 Å². The summed E-state index contributed by atoms with van der Waals surface area (Å²) in [5.74, 6) is 0. The predicted molar refractivity (Wildman–Crippen MR) is 88.6 cm³/mol. The van der Waals surface area contributed by atoms with Crippen molar-refractivity contribution in [3.8, 4) is 11.3 Å². The first-order valence-electron chi connectivity index (χ1n) is 6.55. The lowest BCUT2D eigenvalue weighted by atomic mass is 10.0. The van der Waals surface area contributed by atoms with E-state index >= 15 is 0 Å². The van der Waals surface area contributed by atoms with Crippen molar-refractivity contribution in [1.82, 2.24) is 4.98 Å². The monoisotopic (exact) mass is 317 g/mol. The molecule has 0 bridgehead atoms. The highest BCUT2D eigenvalue weighted by molar-refractivity contribution is 6.39. The van der Waals surface area contributed by atoms with E-state index in [1.165, 1.54) is 11.1 Å². The molecule has 1 aromatic heterocycles. The quantitative estimate of drug-likeness (QED) is 0.616. The van der Waals surface area contributed by atoms with Crippen LogP contribution in [0.3, 0.4) is 0 Å². The van der Waals surface area contributed by atoms with Crippen LogP contribution in [0.15, 0.2) is 30.3 Å². The fourth-order valence-electron chi connectivity index (χ4n) is 2.52. The highest BCUT2D eigenvalue weighted by Gasteiger charge is 2.16. The molecule has 2 aromatic carbocycles. The van der Waals surface area contributed by atoms with Gasteiger partial charge < -0.3 is 4.98 Å². The van der Waals surface area contributed by atoms with Gasteiger partial charge in [-0.2, -0.15) is 0 Å². The minimum absolute atomic E-state index is 0.478. The van der Waals surface area contributed by atoms with Gasteiger partial charge in [0.2, 0.25) is 0 Å². The molecule has 0 radical (unpaired) electrons. The summed E-state index contributed by atoms with van der Waals surface area (Å²) in [4.78, 5) is 14.8. The van der Waals surface area contributed by atoms with E-state index in [4.69, 9.17) is 23.2 Å². The number of H-pyrrole nitrogens is 1. The van der Waals surface area contributed by atoms with Crippen LogP contribution in [0.1, 0.15) is 21.5 Å². The summed E-state index contributed by atoms with van der Waals surface area (Å²) >= 11 is 12.3. The number of aldehydes is 1. The summed E-state index contributed by atoms with van der Waals surface area (Å²) in [6.07, 6.45) is 0.836. The molecule has 4 heteroatoms. The van der Waals surface area contributed by atoms with E-state index in [0.29, 0.717) is 21.0 Å². The Morgan fingerprint density at radius 3 is 2.48 bits per heavy atom. The summed E-state index contributed by atoms with van der Waals surface area (Å²) in [6.45, 7) is 4.10. The molecule has 0 saturated carbocycles. The number of fused-ring (bicyclic) bond motifs is 1. The van der Waals surface area contributed by atoms with Crippen LogP contribution in [-0.2, 0) is 0 Å². The first-order valence-corrected chi connectivity index (χ1v) is 7.30. The fourth-order valence-corrected chi connectivity index (χ4v) is 3.11. The standard InChI is InChI=1S/C17H13Cl2NO/c1-9-3-4-11(5-10(9)2)17-13(8-21)16-14(19)6-12(18)7-15(16)20-17/h3-8,20H,1-2H3. The average molecular weight is 318 g/mol. The second-order valence-electron chi connectivity index (χ2n) is 5.14. The molecular formula is C17H13Cl2NO. The lowest BCUT2D eigenvalue weighted by molar-refractivity contribution is 0.112. The number of carbonyl (C=O) groups excluding carboxylic acids is 1. The zero-order valence-electron chi connectivity index (χ0n) is 11.6. The zero-order chi connectivity index (χ0) is 15.1. The molecule has 0 aliphatic carbocycles. The van der Waals surface area contributed by atoms with Crippen LogP contribution < -0.4 is 0 Å². The molecule has 0 aliphatic rings. The maximum atomic E-state index is 11.6. The molecule has 0 atom stereocenters. The maximum absolute atomic E-state index is 11.6. The van der Waals surface area contributed by atoms with Gasteiger partial charge in [0.05, 0.1) is 10.7 Å². The molecule has 0 aliphatic heterocycles. The minimum Gasteiger partial charge on any atom is -0.354 e. The van der Waals surface area contributed by atoms with Crippen molar-refractivity contribution in [3.05, 3.63) is 57.1 Å². The van der Waals surface area contributed by atoms with Crippen molar-refractivity contribution >= 4 is 40.4 Å². The molecule has 106 valence electrons. The van der Waals surface area contributed by atoms with Gasteiger partial charge in [0.15, 0.2) is 6.29 Å². The van der Waals surface area contributed by atoms with Crippen LogP contribution in [0.4, 0.5) is 0 Å². The number of hydrogen-bond acceptors (Lipinski definition) is 1. The Labute approximate surface area is 132 Å². The van der Waals surface area contributed by atoms with Gasteiger partial charge in [0.25, 0.3) is 0 Å². The number of rotatable bonds is 2. The molecule has 0 saturated heterocycles. The molecule has 2 nitrogen and oxygen atoms in total. The van der Waals surface area contributed by atoms with E-state index in [0.717, 1.165) is 23.1 Å². The van der Waals surface area contributed by atoms with Gasteiger partial charge in [-0.1, -0.05) is 35.3 Å². The highest BCUT2D eigenvalue weighted by Crippen LogP contribution is 2.36. The normalized spacial score (nSPS) is 11.0. The summed E-state index contributed by atoms with van der Waals surface area (Å²) in [5.41, 5.74) is 5.45. The van der Waals surface area contributed by atoms with Crippen molar-refractivity contribution in [1.29, 1.82) is 0 Å². The minimum atomic E-state index is 0.478. The van der Waals surface area contributed by atoms with Crippen molar-refractivity contribution in [2.75, 3.05) is 0 Å². The van der Waals surface area contributed by atoms with Gasteiger partial charge in [-0.05, 0) is 48.7 Å². The first-order chi connectivity index (χ1) is 10.0. The molecule has 0 amide bonds. The van der Waals surface area contributed by atoms with E-state index in [1.54, 1.807) is 12.1 Å². The van der Waals surface area contributed by atoms with Gasteiger partial charge in [-0.15, -0.1) is 0 Å². The second-order valence-corrected chi connectivity index (χ2v) is 5.98. The van der Waals surface area contributed by atoms with Gasteiger partial charge in [-0.3, -0.25) is 4.79 Å². The van der Waals surface area contributed by atoms with Gasteiger partial charge in [0.1, 0.15) is 0 Å². The third-order valence-electron chi connectivity index (χ3n) is 3.77. The van der Waals surface area contributed by atoms with Gasteiger partial charge in [-0.25, -0.2) is 0 Å². The Balaban J connectivity index is 2.34. The molecule has 1 N–H and O–H groups in total. The van der Waals surface area contributed by atoms with Gasteiger partial charge in [0, 0.05) is 21.5 Å². The van der Waals surface area contributed by atoms with Crippen molar-refractivity contribution in [2.45, 2.75) is 13.8 Å². The van der Waals surface area contributed by atoms with Crippen molar-refractivity contribution < 1.29 is 4.79 Å². The van der Waals surface area contributed by atoms with E-state index in [2.05, 4.69) is 18.0 Å². The van der Waals surface area contributed by atoms with Crippen molar-refractivity contribution in [2.24, 2.45) is 0 Å². The Bertz CT molecular complexity index is 865. The lowest BCUT2D eigenvalue weighted by Crippen LogP contribution is -1.87. The summed E-state index contributed by atoms with van der Waals surface area (Å²) in [6, 6.07) is 9.52. The fraction of sp³-hybridized carbons (Fsp3) is 0.118. The molecular weight excluding hydrogens is 305 g/mol. The largest absolute Gasteiger partial charge is 0.354 e. The summed E-state index contributed by atoms with van der Waals surface area (Å²) in [5, 5.41) is 1.73. The Morgan fingerprint density at radius 1 is 1.05 bits per heavy atom. The number of carbonyl (C=O) groups is 1. The lowest BCUT2D eigenvalue weighted by Gasteiger charge is -2.04. The van der Waals surface area contributed by atoms with E-state index in [9.17, 15) is 4.79 Å². The molecule has 0 fully saturated rings. The van der Waals surface area contributed by atoms with Crippen LogP contribution >= 0.6 is 23.2 Å². The molecule has 21 heavy (non-hydrogen) atoms. The topological polar surface area (TPSA) is 32.9 Å². The number of benzene rings is 2. The number of aryl methyl sites for hydroxylation is 2. The Morgan fingerprint density at radius 2 is 1.81 bits per heavy atom. The third-order valence-corrected chi connectivity index (χ3v) is 4.28. The van der Waals surface area contributed by atoms with Crippen LogP contribution in [0, 0.1) is 13.8 Å². The molecule has 0 unspecified atom stereocenters. The van der Waals surface area contributed by atoms with E-state index in [1.807, 2.05) is 19.1 Å². The molecule has 3 aromatic rings. The van der Waals surface area contributed by atoms with Crippen LogP contribution in [0.25, 0.3) is 22.2 Å². The highest BCUT2D eigenvalue weighted by atomic mass is 35.5. The Hall–Kier alpha value is -1.77. The van der Waals surface area contributed by atoms with Crippen molar-refractivity contribution in [3.63, 3.8) is 0 Å². The van der Waals surface area contributed by atoms with Crippen LogP contribution in [-0.4, -0.2) is 11.3 Å². The SMILES string of the molecule is Cc1ccc(-c2[nH]c3cc(Cl)cc(Cl)c3c2C=O)cc1C. The number of halogens is 2. The molecule has 0 spiro atoms. The second kappa shape index (κ2) is 5.21. The summed E-state index contributed by atoms with van der Waals surface area (Å²) < 4.78 is 0. The smallest absolute Gasteiger partial charge is 0.152 e. The molecule has 1 heterocycles. The van der Waals surface area contributed by atoms with Crippen LogP contribution in [0.2, 0.25) is 10.0 Å². The summed E-state index contributed by atoms with van der Waals surface area (Å²) in [7, 11) is 0. The van der Waals surface area contributed by atoms with Gasteiger partial charge >= 0.3 is 0 Å². The maximum Gasteiger partial charge on any atom is 0.152 e. The number of nitrogens with one attached hydrogen (secondary N) is 1. The Kier molecular flexibility index (Phi) is 3.52.